The summed E-state index contributed by atoms with van der Waals surface area (Å²) in [5, 5.41) is 2.76. The van der Waals surface area contributed by atoms with Crippen LogP contribution in [0.2, 0.25) is 0 Å². The summed E-state index contributed by atoms with van der Waals surface area (Å²) < 4.78 is 5.79. The van der Waals surface area contributed by atoms with E-state index in [0.29, 0.717) is 6.54 Å². The van der Waals surface area contributed by atoms with Crippen molar-refractivity contribution < 1.29 is 9.53 Å². The van der Waals surface area contributed by atoms with Crippen molar-refractivity contribution in [1.82, 2.24) is 9.55 Å². The summed E-state index contributed by atoms with van der Waals surface area (Å²) in [5.74, 6) is -0.135. The average molecular weight is 284 g/mol. The molecule has 112 valence electrons. The predicted octanol–water partition coefficient (Wildman–Crippen LogP) is -0.250. The van der Waals surface area contributed by atoms with Gasteiger partial charge in [-0.2, -0.15) is 0 Å². The van der Waals surface area contributed by atoms with Crippen LogP contribution in [-0.4, -0.2) is 29.2 Å². The Labute approximate surface area is 115 Å². The molecule has 0 amide bonds. The van der Waals surface area contributed by atoms with E-state index in [1.807, 2.05) is 13.8 Å². The molecule has 1 heterocycles. The molecular formula is C12H20N4O4. The van der Waals surface area contributed by atoms with E-state index in [4.69, 9.17) is 5.73 Å². The summed E-state index contributed by atoms with van der Waals surface area (Å²) in [5.41, 5.74) is 4.80. The van der Waals surface area contributed by atoms with Gasteiger partial charge < -0.3 is 15.8 Å². The van der Waals surface area contributed by atoms with E-state index in [1.165, 1.54) is 11.7 Å². The van der Waals surface area contributed by atoms with Crippen LogP contribution in [-0.2, 0) is 16.1 Å². The number of esters is 1. The first kappa shape index (κ1) is 15.8. The maximum atomic E-state index is 11.7. The summed E-state index contributed by atoms with van der Waals surface area (Å²) in [6.45, 7) is 4.45. The van der Waals surface area contributed by atoms with Gasteiger partial charge in [0.2, 0.25) is 0 Å². The second kappa shape index (κ2) is 6.78. The number of aromatic amines is 1. The van der Waals surface area contributed by atoms with Gasteiger partial charge in [-0.15, -0.1) is 0 Å². The third kappa shape index (κ3) is 3.87. The molecule has 0 radical (unpaired) electrons. The molecule has 0 aliphatic carbocycles. The van der Waals surface area contributed by atoms with Gasteiger partial charge in [0.15, 0.2) is 0 Å². The molecule has 0 aliphatic heterocycles. The Balaban J connectivity index is 2.98. The molecule has 0 aliphatic rings. The summed E-state index contributed by atoms with van der Waals surface area (Å²) >= 11 is 0. The third-order valence-corrected chi connectivity index (χ3v) is 2.65. The van der Waals surface area contributed by atoms with Gasteiger partial charge in [0.1, 0.15) is 11.5 Å². The molecule has 0 saturated heterocycles. The van der Waals surface area contributed by atoms with Gasteiger partial charge in [-0.3, -0.25) is 19.1 Å². The van der Waals surface area contributed by atoms with Gasteiger partial charge in [-0.25, -0.2) is 4.79 Å². The lowest BCUT2D eigenvalue weighted by Gasteiger charge is -2.15. The van der Waals surface area contributed by atoms with Gasteiger partial charge in [-0.1, -0.05) is 13.8 Å². The van der Waals surface area contributed by atoms with Crippen molar-refractivity contribution >= 4 is 17.5 Å². The number of H-pyrrole nitrogens is 1. The molecule has 0 fully saturated rings. The number of aromatic nitrogens is 2. The molecular weight excluding hydrogens is 264 g/mol. The van der Waals surface area contributed by atoms with Crippen molar-refractivity contribution in [1.29, 1.82) is 0 Å². The highest BCUT2D eigenvalue weighted by molar-refractivity contribution is 5.70. The number of nitrogens with two attached hydrogens (primary N) is 1. The van der Waals surface area contributed by atoms with Crippen LogP contribution in [0, 0.1) is 5.92 Å². The van der Waals surface area contributed by atoms with Crippen LogP contribution in [0.25, 0.3) is 0 Å². The first-order valence-electron chi connectivity index (χ1n) is 6.30. The minimum atomic E-state index is -0.600. The Bertz CT molecular complexity index is 588. The second-order valence-corrected chi connectivity index (χ2v) is 4.78. The zero-order valence-electron chi connectivity index (χ0n) is 11.9. The lowest BCUT2D eigenvalue weighted by molar-refractivity contribution is -0.140. The molecule has 1 rings (SSSR count). The van der Waals surface area contributed by atoms with Crippen LogP contribution >= 0.6 is 0 Å². The van der Waals surface area contributed by atoms with E-state index < -0.39 is 17.2 Å². The molecule has 0 aromatic carbocycles. The number of hydrogen-bond acceptors (Lipinski definition) is 6. The van der Waals surface area contributed by atoms with Crippen molar-refractivity contribution in [3.63, 3.8) is 0 Å². The molecule has 20 heavy (non-hydrogen) atoms. The Morgan fingerprint density at radius 3 is 2.65 bits per heavy atom. The van der Waals surface area contributed by atoms with Crippen LogP contribution in [0.15, 0.2) is 9.59 Å². The van der Waals surface area contributed by atoms with Gasteiger partial charge in [0, 0.05) is 13.1 Å². The highest BCUT2D eigenvalue weighted by atomic mass is 16.5. The van der Waals surface area contributed by atoms with Crippen molar-refractivity contribution in [2.45, 2.75) is 26.8 Å². The Morgan fingerprint density at radius 1 is 1.45 bits per heavy atom. The summed E-state index contributed by atoms with van der Waals surface area (Å²) in [4.78, 5) is 36.6. The molecule has 1 aromatic rings. The van der Waals surface area contributed by atoms with Crippen molar-refractivity contribution in [3.05, 3.63) is 20.8 Å². The van der Waals surface area contributed by atoms with E-state index in [1.54, 1.807) is 0 Å². The number of methoxy groups -OCH3 is 1. The fraction of sp³-hybridized carbons (Fsp3) is 0.583. The molecule has 1 aromatic heterocycles. The van der Waals surface area contributed by atoms with Gasteiger partial charge in [-0.05, 0) is 5.92 Å². The first-order valence-corrected chi connectivity index (χ1v) is 6.30. The number of ether oxygens (including phenoxy) is 1. The quantitative estimate of drug-likeness (QED) is 0.620. The Morgan fingerprint density at radius 2 is 2.10 bits per heavy atom. The fourth-order valence-electron chi connectivity index (χ4n) is 1.70. The van der Waals surface area contributed by atoms with E-state index in [0.717, 1.165) is 0 Å². The standard InChI is InChI=1S/C12H20N4O4/c1-7(2)6-16-10(13)9(11(18)15-12(16)19)14-5-4-8(17)20-3/h7,14H,4-6,13H2,1-3H3,(H,15,18,19). The monoisotopic (exact) mass is 284 g/mol. The Kier molecular flexibility index (Phi) is 5.36. The largest absolute Gasteiger partial charge is 0.469 e. The molecule has 8 heteroatoms. The van der Waals surface area contributed by atoms with Crippen molar-refractivity contribution in [2.24, 2.45) is 5.92 Å². The summed E-state index contributed by atoms with van der Waals surface area (Å²) in [6.07, 6.45) is 0.0959. The molecule has 4 N–H and O–H groups in total. The van der Waals surface area contributed by atoms with Crippen LogP contribution in [0.4, 0.5) is 11.5 Å². The Hall–Kier alpha value is -2.25. The number of nitrogens with zero attached hydrogens (tertiary/aromatic N) is 1. The fourth-order valence-corrected chi connectivity index (χ4v) is 1.70. The average Bonchev–Trinajstić information content (AvgIpc) is 2.37. The normalized spacial score (nSPS) is 10.6. The van der Waals surface area contributed by atoms with Crippen LogP contribution in [0.1, 0.15) is 20.3 Å². The summed E-state index contributed by atoms with van der Waals surface area (Å²) in [6, 6.07) is 0. The van der Waals surface area contributed by atoms with Gasteiger partial charge in [0.25, 0.3) is 5.56 Å². The number of rotatable bonds is 6. The maximum absolute atomic E-state index is 11.7. The van der Waals surface area contributed by atoms with Crippen molar-refractivity contribution in [2.75, 3.05) is 24.7 Å². The zero-order valence-corrected chi connectivity index (χ0v) is 11.9. The SMILES string of the molecule is COC(=O)CCNc1c(N)n(CC(C)C)c(=O)[nH]c1=O. The van der Waals surface area contributed by atoms with E-state index in [2.05, 4.69) is 15.0 Å². The van der Waals surface area contributed by atoms with Crippen LogP contribution in [0.5, 0.6) is 0 Å². The zero-order chi connectivity index (χ0) is 15.3. The number of nitrogen functional groups attached to an aromatic ring is 1. The highest BCUT2D eigenvalue weighted by Gasteiger charge is 2.13. The number of nitrogens with one attached hydrogen (secondary N) is 2. The molecule has 0 spiro atoms. The molecule has 0 saturated carbocycles. The predicted molar refractivity (Wildman–Crippen MR) is 75.7 cm³/mol. The van der Waals surface area contributed by atoms with E-state index >= 15 is 0 Å². The molecule has 8 nitrogen and oxygen atoms in total. The number of hydrogen-bond donors (Lipinski definition) is 3. The minimum absolute atomic E-state index is 0.0670. The van der Waals surface area contributed by atoms with Crippen LogP contribution in [0.3, 0.4) is 0 Å². The van der Waals surface area contributed by atoms with Gasteiger partial charge in [0.05, 0.1) is 13.5 Å². The summed E-state index contributed by atoms with van der Waals surface area (Å²) in [7, 11) is 1.28. The topological polar surface area (TPSA) is 119 Å². The minimum Gasteiger partial charge on any atom is -0.469 e. The third-order valence-electron chi connectivity index (χ3n) is 2.65. The number of anilines is 2. The molecule has 0 atom stereocenters. The smallest absolute Gasteiger partial charge is 0.330 e. The van der Waals surface area contributed by atoms with Crippen molar-refractivity contribution in [3.8, 4) is 0 Å². The highest BCUT2D eigenvalue weighted by Crippen LogP contribution is 2.11. The van der Waals surface area contributed by atoms with E-state index in [-0.39, 0.29) is 30.4 Å². The van der Waals surface area contributed by atoms with Gasteiger partial charge >= 0.3 is 11.7 Å². The molecule has 0 bridgehead atoms. The number of carbonyl (C=O) groups is 1. The lowest BCUT2D eigenvalue weighted by Crippen LogP contribution is -2.35. The van der Waals surface area contributed by atoms with E-state index in [9.17, 15) is 14.4 Å². The first-order chi connectivity index (χ1) is 9.36. The lowest BCUT2D eigenvalue weighted by atomic mass is 10.2. The maximum Gasteiger partial charge on any atom is 0.330 e. The second-order valence-electron chi connectivity index (χ2n) is 4.78. The number of carbonyl (C=O) groups excluding carboxylic acids is 1. The van der Waals surface area contributed by atoms with Crippen LogP contribution < -0.4 is 22.3 Å². The molecule has 0 unspecified atom stereocenters.